The molecule has 0 bridgehead atoms. The molecular formula is C8H22N4O4. The second-order valence-corrected chi connectivity index (χ2v) is 4.26. The predicted molar refractivity (Wildman–Crippen MR) is 57.6 cm³/mol. The van der Waals surface area contributed by atoms with Crippen molar-refractivity contribution in [3.05, 3.63) is 0 Å². The zero-order valence-electron chi connectivity index (χ0n) is 9.08. The van der Waals surface area contributed by atoms with Crippen LogP contribution >= 0.6 is 0 Å². The van der Waals surface area contributed by atoms with Gasteiger partial charge in [0, 0.05) is 12.5 Å². The first-order valence-corrected chi connectivity index (χ1v) is 4.85. The van der Waals surface area contributed by atoms with E-state index in [9.17, 15) is 5.11 Å². The maximum Gasteiger partial charge on any atom is 0.117 e. The van der Waals surface area contributed by atoms with Gasteiger partial charge < -0.3 is 43.4 Å². The van der Waals surface area contributed by atoms with E-state index < -0.39 is 43.2 Å². The van der Waals surface area contributed by atoms with Crippen molar-refractivity contribution in [2.24, 2.45) is 28.3 Å². The summed E-state index contributed by atoms with van der Waals surface area (Å²) in [5.74, 6) is -1.56. The van der Waals surface area contributed by atoms with E-state index in [1.54, 1.807) is 0 Å². The lowest BCUT2D eigenvalue weighted by Crippen LogP contribution is -2.64. The second kappa shape index (κ2) is 5.84. The molecule has 0 aliphatic carbocycles. The van der Waals surface area contributed by atoms with Crippen LogP contribution in [0.3, 0.4) is 0 Å². The van der Waals surface area contributed by atoms with Crippen LogP contribution in [0.4, 0.5) is 0 Å². The average Bonchev–Trinajstić information content (AvgIpc) is 2.18. The van der Waals surface area contributed by atoms with Crippen molar-refractivity contribution in [1.29, 1.82) is 0 Å². The van der Waals surface area contributed by atoms with E-state index in [2.05, 4.69) is 0 Å². The van der Waals surface area contributed by atoms with Gasteiger partial charge in [-0.05, 0) is 0 Å². The number of hydrogen-bond donors (Lipinski definition) is 8. The van der Waals surface area contributed by atoms with E-state index in [4.69, 9.17) is 38.3 Å². The Morgan fingerprint density at radius 3 is 1.56 bits per heavy atom. The molecule has 0 rings (SSSR count). The molecule has 2 unspecified atom stereocenters. The number of aliphatic hydroxyl groups excluding tert-OH is 4. The lowest BCUT2D eigenvalue weighted by atomic mass is 9.79. The number of nitrogens with two attached hydrogens (primary N) is 4. The van der Waals surface area contributed by atoms with Gasteiger partial charge in [0.15, 0.2) is 0 Å². The molecule has 0 saturated heterocycles. The van der Waals surface area contributed by atoms with Crippen molar-refractivity contribution in [3.63, 3.8) is 0 Å². The minimum Gasteiger partial charge on any atom is -0.396 e. The maximum absolute atomic E-state index is 9.82. The molecule has 2 atom stereocenters. The third kappa shape index (κ3) is 3.92. The Bertz CT molecular complexity index is 196. The third-order valence-electron chi connectivity index (χ3n) is 2.57. The van der Waals surface area contributed by atoms with Gasteiger partial charge in [0.2, 0.25) is 0 Å². The summed E-state index contributed by atoms with van der Waals surface area (Å²) in [6, 6.07) is -0.966. The van der Waals surface area contributed by atoms with Gasteiger partial charge in [-0.15, -0.1) is 0 Å². The highest BCUT2D eigenvalue weighted by atomic mass is 16.3. The highest BCUT2D eigenvalue weighted by Crippen LogP contribution is 2.23. The van der Waals surface area contributed by atoms with E-state index >= 15 is 0 Å². The highest BCUT2D eigenvalue weighted by molar-refractivity contribution is 4.93. The van der Waals surface area contributed by atoms with Gasteiger partial charge in [-0.1, -0.05) is 0 Å². The molecule has 0 spiro atoms. The molecule has 8 heteroatoms. The van der Waals surface area contributed by atoms with Crippen LogP contribution in [0, 0.1) is 5.41 Å². The average molecular weight is 238 g/mol. The van der Waals surface area contributed by atoms with Crippen molar-refractivity contribution < 1.29 is 20.4 Å². The van der Waals surface area contributed by atoms with Crippen LogP contribution in [0.15, 0.2) is 0 Å². The predicted octanol–water partition coefficient (Wildman–Crippen LogP) is -4.44. The molecule has 0 aliphatic heterocycles. The normalized spacial score (nSPS) is 17.2. The molecule has 16 heavy (non-hydrogen) atoms. The standard InChI is InChI=1S/C8H22N4O4/c9-5(1-8(10,11)12)6(16)7(2-13,3-14)4-15/h5-6,13-16H,1-4,9-12H2. The van der Waals surface area contributed by atoms with Gasteiger partial charge in [-0.2, -0.15) is 0 Å². The monoisotopic (exact) mass is 238 g/mol. The zero-order valence-corrected chi connectivity index (χ0v) is 9.08. The summed E-state index contributed by atoms with van der Waals surface area (Å²) < 4.78 is 0. The van der Waals surface area contributed by atoms with Gasteiger partial charge in [-0.3, -0.25) is 0 Å². The van der Waals surface area contributed by atoms with Crippen LogP contribution in [0.25, 0.3) is 0 Å². The van der Waals surface area contributed by atoms with Crippen LogP contribution in [0.2, 0.25) is 0 Å². The van der Waals surface area contributed by atoms with Crippen molar-refractivity contribution in [2.45, 2.75) is 24.4 Å². The fourth-order valence-corrected chi connectivity index (χ4v) is 1.40. The fraction of sp³-hybridized carbons (Fsp3) is 1.00. The summed E-state index contributed by atoms with van der Waals surface area (Å²) in [5, 5.41) is 37.0. The molecule has 0 aromatic carbocycles. The van der Waals surface area contributed by atoms with Crippen molar-refractivity contribution >= 4 is 0 Å². The summed E-state index contributed by atoms with van der Waals surface area (Å²) in [4.78, 5) is 0. The molecule has 0 aliphatic rings. The van der Waals surface area contributed by atoms with Gasteiger partial charge in [0.1, 0.15) is 5.79 Å². The summed E-state index contributed by atoms with van der Waals surface area (Å²) in [5.41, 5.74) is 20.1. The topological polar surface area (TPSA) is 185 Å². The van der Waals surface area contributed by atoms with Crippen molar-refractivity contribution in [1.82, 2.24) is 0 Å². The Morgan fingerprint density at radius 1 is 0.938 bits per heavy atom. The first kappa shape index (κ1) is 15.7. The molecule has 0 amide bonds. The Hall–Kier alpha value is -0.320. The van der Waals surface area contributed by atoms with Crippen molar-refractivity contribution in [3.8, 4) is 0 Å². The fourth-order valence-electron chi connectivity index (χ4n) is 1.40. The second-order valence-electron chi connectivity index (χ2n) is 4.26. The minimum absolute atomic E-state index is 0.129. The Kier molecular flexibility index (Phi) is 5.73. The Balaban J connectivity index is 4.68. The number of aliphatic hydroxyl groups is 4. The number of rotatable bonds is 7. The first-order chi connectivity index (χ1) is 7.22. The van der Waals surface area contributed by atoms with Gasteiger partial charge in [-0.25, -0.2) is 0 Å². The van der Waals surface area contributed by atoms with Gasteiger partial charge >= 0.3 is 0 Å². The van der Waals surface area contributed by atoms with Crippen LogP contribution < -0.4 is 22.9 Å². The van der Waals surface area contributed by atoms with E-state index in [0.717, 1.165) is 0 Å². The smallest absolute Gasteiger partial charge is 0.117 e. The molecule has 8 nitrogen and oxygen atoms in total. The van der Waals surface area contributed by atoms with E-state index in [1.165, 1.54) is 0 Å². The molecular weight excluding hydrogens is 216 g/mol. The molecule has 0 saturated carbocycles. The van der Waals surface area contributed by atoms with Crippen LogP contribution in [-0.4, -0.2) is 58.2 Å². The van der Waals surface area contributed by atoms with Crippen LogP contribution in [0.1, 0.15) is 6.42 Å². The maximum atomic E-state index is 9.82. The third-order valence-corrected chi connectivity index (χ3v) is 2.57. The lowest BCUT2D eigenvalue weighted by molar-refractivity contribution is -0.0946. The largest absolute Gasteiger partial charge is 0.396 e. The van der Waals surface area contributed by atoms with Crippen molar-refractivity contribution in [2.75, 3.05) is 19.8 Å². The summed E-state index contributed by atoms with van der Waals surface area (Å²) in [6.45, 7) is -1.87. The van der Waals surface area contributed by atoms with E-state index in [-0.39, 0.29) is 6.42 Å². The van der Waals surface area contributed by atoms with E-state index in [0.29, 0.717) is 0 Å². The summed E-state index contributed by atoms with van der Waals surface area (Å²) >= 11 is 0. The number of hydrogen-bond acceptors (Lipinski definition) is 8. The molecule has 0 fully saturated rings. The van der Waals surface area contributed by atoms with Crippen LogP contribution in [0.5, 0.6) is 0 Å². The molecule has 0 heterocycles. The molecule has 0 aromatic heterocycles. The van der Waals surface area contributed by atoms with Gasteiger partial charge in [0.05, 0.1) is 31.3 Å². The van der Waals surface area contributed by atoms with E-state index in [1.807, 2.05) is 0 Å². The first-order valence-electron chi connectivity index (χ1n) is 4.85. The Morgan fingerprint density at radius 2 is 1.31 bits per heavy atom. The van der Waals surface area contributed by atoms with Crippen LogP contribution in [-0.2, 0) is 0 Å². The molecule has 12 N–H and O–H groups in total. The Labute approximate surface area is 93.8 Å². The lowest BCUT2D eigenvalue weighted by Gasteiger charge is -2.37. The minimum atomic E-state index is -1.56. The molecule has 0 aromatic rings. The summed E-state index contributed by atoms with van der Waals surface area (Å²) in [7, 11) is 0. The molecule has 0 radical (unpaired) electrons. The highest BCUT2D eigenvalue weighted by Gasteiger charge is 2.41. The molecule has 98 valence electrons. The quantitative estimate of drug-likeness (QED) is 0.204. The zero-order chi connectivity index (χ0) is 13.0. The van der Waals surface area contributed by atoms with Gasteiger partial charge in [0.25, 0.3) is 0 Å². The summed E-state index contributed by atoms with van der Waals surface area (Å²) in [6.07, 6.45) is -1.50. The SMILES string of the molecule is NC(CC(N)(N)N)C(O)C(CO)(CO)CO.